The Bertz CT molecular complexity index is 746. The lowest BCUT2D eigenvalue weighted by molar-refractivity contribution is -0.154. The van der Waals surface area contributed by atoms with E-state index in [2.05, 4.69) is 20.4 Å². The summed E-state index contributed by atoms with van der Waals surface area (Å²) < 4.78 is 4.77. The fourth-order valence-electron chi connectivity index (χ4n) is 6.11. The van der Waals surface area contributed by atoms with Crippen molar-refractivity contribution >= 4 is 29.5 Å². The van der Waals surface area contributed by atoms with Crippen molar-refractivity contribution in [3.05, 3.63) is 12.7 Å². The lowest BCUT2D eigenvalue weighted by Crippen LogP contribution is -2.57. The number of ether oxygens (including phenoxy) is 1. The van der Waals surface area contributed by atoms with Crippen LogP contribution in [0.15, 0.2) is 12.7 Å². The molecular formula is C25H40N2O5S. The van der Waals surface area contributed by atoms with Crippen LogP contribution in [0.25, 0.3) is 0 Å². The SMILES string of the molecule is C=CCN(CCCCC)C(=O)C1N(CCCCO)C(=O)[C@@H]2[C@@H](C(=O)OCC)[C@H]3CC(C)C12S3. The molecule has 1 spiro atoms. The van der Waals surface area contributed by atoms with Crippen molar-refractivity contribution in [3.63, 3.8) is 0 Å². The van der Waals surface area contributed by atoms with Crippen LogP contribution in [0.4, 0.5) is 0 Å². The smallest absolute Gasteiger partial charge is 0.310 e. The molecule has 3 heterocycles. The molecule has 3 saturated heterocycles. The molecule has 3 aliphatic heterocycles. The first kappa shape index (κ1) is 26.1. The van der Waals surface area contributed by atoms with Crippen molar-refractivity contribution < 1.29 is 24.2 Å². The zero-order valence-electron chi connectivity index (χ0n) is 20.3. The number of thioether (sulfide) groups is 1. The van der Waals surface area contributed by atoms with Crippen LogP contribution >= 0.6 is 11.8 Å². The highest BCUT2D eigenvalue weighted by molar-refractivity contribution is 8.02. The van der Waals surface area contributed by atoms with E-state index < -0.39 is 22.6 Å². The Hall–Kier alpha value is -1.54. The molecule has 2 amide bonds. The molecule has 2 bridgehead atoms. The molecule has 3 aliphatic rings. The van der Waals surface area contributed by atoms with E-state index >= 15 is 0 Å². The molecule has 0 aromatic heterocycles. The molecule has 0 aromatic carbocycles. The number of hydrogen-bond donors (Lipinski definition) is 1. The van der Waals surface area contributed by atoms with Gasteiger partial charge in [-0.3, -0.25) is 14.4 Å². The van der Waals surface area contributed by atoms with Crippen LogP contribution < -0.4 is 0 Å². The molecular weight excluding hydrogens is 440 g/mol. The standard InChI is InChI=1S/C25H40N2O5S/c1-5-8-9-13-26(12-6-2)23(30)21-25-17(4)16-18(33-25)19(24(31)32-7-3)20(25)22(29)27(21)14-10-11-15-28/h6,17-21,28H,2,5,7-16H2,1,3-4H3/t17?,18-,19+,20+,21?,25?/m1/s1. The highest BCUT2D eigenvalue weighted by Gasteiger charge is 2.76. The van der Waals surface area contributed by atoms with E-state index in [1.165, 1.54) is 0 Å². The molecule has 33 heavy (non-hydrogen) atoms. The monoisotopic (exact) mass is 480 g/mol. The minimum Gasteiger partial charge on any atom is -0.466 e. The second-order valence-electron chi connectivity index (χ2n) is 9.55. The predicted octanol–water partition coefficient (Wildman–Crippen LogP) is 2.86. The number of aliphatic hydroxyl groups is 1. The largest absolute Gasteiger partial charge is 0.466 e. The molecule has 0 radical (unpaired) electrons. The van der Waals surface area contributed by atoms with Gasteiger partial charge in [0.15, 0.2) is 0 Å². The van der Waals surface area contributed by atoms with Crippen molar-refractivity contribution in [2.24, 2.45) is 17.8 Å². The van der Waals surface area contributed by atoms with Crippen LogP contribution in [0.3, 0.4) is 0 Å². The van der Waals surface area contributed by atoms with Gasteiger partial charge < -0.3 is 19.6 Å². The van der Waals surface area contributed by atoms with Gasteiger partial charge in [0.2, 0.25) is 11.8 Å². The Balaban J connectivity index is 1.99. The number of unbranched alkanes of at least 4 members (excludes halogenated alkanes) is 3. The first-order chi connectivity index (χ1) is 15.9. The third-order valence-electron chi connectivity index (χ3n) is 7.54. The van der Waals surface area contributed by atoms with Gasteiger partial charge in [0.1, 0.15) is 6.04 Å². The summed E-state index contributed by atoms with van der Waals surface area (Å²) in [6.07, 6.45) is 6.76. The zero-order chi connectivity index (χ0) is 24.2. The molecule has 6 atom stereocenters. The highest BCUT2D eigenvalue weighted by Crippen LogP contribution is 2.68. The summed E-state index contributed by atoms with van der Waals surface area (Å²) in [6.45, 7) is 11.7. The maximum Gasteiger partial charge on any atom is 0.310 e. The average Bonchev–Trinajstić information content (AvgIpc) is 3.37. The van der Waals surface area contributed by atoms with Gasteiger partial charge in [-0.05, 0) is 38.5 Å². The topological polar surface area (TPSA) is 87.2 Å². The number of hydrogen-bond acceptors (Lipinski definition) is 6. The number of carbonyl (C=O) groups is 3. The second-order valence-corrected chi connectivity index (χ2v) is 11.1. The molecule has 186 valence electrons. The van der Waals surface area contributed by atoms with Crippen LogP contribution in [0, 0.1) is 17.8 Å². The van der Waals surface area contributed by atoms with E-state index in [1.54, 1.807) is 29.7 Å². The maximum absolute atomic E-state index is 14.1. The molecule has 3 rings (SSSR count). The third kappa shape index (κ3) is 4.57. The third-order valence-corrected chi connectivity index (χ3v) is 9.61. The van der Waals surface area contributed by atoms with E-state index in [0.717, 1.165) is 25.7 Å². The van der Waals surface area contributed by atoms with Crippen LogP contribution in [-0.4, -0.2) is 81.6 Å². The molecule has 0 saturated carbocycles. The summed E-state index contributed by atoms with van der Waals surface area (Å²) in [5, 5.41) is 9.30. The minimum atomic E-state index is -0.611. The van der Waals surface area contributed by atoms with Crippen molar-refractivity contribution in [1.82, 2.24) is 9.80 Å². The second kappa shape index (κ2) is 11.3. The zero-order valence-corrected chi connectivity index (χ0v) is 21.1. The van der Waals surface area contributed by atoms with E-state index in [-0.39, 0.29) is 42.2 Å². The quantitative estimate of drug-likeness (QED) is 0.248. The van der Waals surface area contributed by atoms with Gasteiger partial charge in [0.05, 0.1) is 23.2 Å². The van der Waals surface area contributed by atoms with Crippen molar-refractivity contribution in [3.8, 4) is 0 Å². The lowest BCUT2D eigenvalue weighted by atomic mass is 9.66. The summed E-state index contributed by atoms with van der Waals surface area (Å²) in [4.78, 5) is 44.4. The number of esters is 1. The number of rotatable bonds is 13. The number of amides is 2. The number of likely N-dealkylation sites (tertiary alicyclic amines) is 1. The van der Waals surface area contributed by atoms with Crippen molar-refractivity contribution in [2.45, 2.75) is 75.3 Å². The fourth-order valence-corrected chi connectivity index (χ4v) is 8.52. The first-order valence-electron chi connectivity index (χ1n) is 12.5. The number of nitrogens with zero attached hydrogens (tertiary/aromatic N) is 2. The Morgan fingerprint density at radius 1 is 1.30 bits per heavy atom. The molecule has 1 N–H and O–H groups in total. The lowest BCUT2D eigenvalue weighted by Gasteiger charge is -2.40. The van der Waals surface area contributed by atoms with Crippen molar-refractivity contribution in [2.75, 3.05) is 32.8 Å². The maximum atomic E-state index is 14.1. The minimum absolute atomic E-state index is 0.0100. The number of carbonyl (C=O) groups excluding carboxylic acids is 3. The van der Waals surface area contributed by atoms with Crippen LogP contribution in [0.5, 0.6) is 0 Å². The molecule has 0 aromatic rings. The van der Waals surface area contributed by atoms with Crippen LogP contribution in [0.2, 0.25) is 0 Å². The van der Waals surface area contributed by atoms with Gasteiger partial charge in [0.25, 0.3) is 0 Å². The van der Waals surface area contributed by atoms with Gasteiger partial charge in [0, 0.05) is 31.5 Å². The summed E-state index contributed by atoms with van der Waals surface area (Å²) in [5.74, 6) is -1.32. The summed E-state index contributed by atoms with van der Waals surface area (Å²) in [6, 6.07) is -0.598. The van der Waals surface area contributed by atoms with Gasteiger partial charge in [-0.1, -0.05) is 32.8 Å². The van der Waals surface area contributed by atoms with E-state index in [9.17, 15) is 19.5 Å². The molecule has 3 unspecified atom stereocenters. The van der Waals surface area contributed by atoms with Crippen LogP contribution in [-0.2, 0) is 19.1 Å². The number of fused-ring (bicyclic) bond motifs is 1. The Morgan fingerprint density at radius 2 is 2.06 bits per heavy atom. The van der Waals surface area contributed by atoms with Crippen LogP contribution in [0.1, 0.15) is 59.3 Å². The fraction of sp³-hybridized carbons (Fsp3) is 0.800. The van der Waals surface area contributed by atoms with E-state index in [1.807, 2.05) is 4.90 Å². The molecule has 7 nitrogen and oxygen atoms in total. The normalized spacial score (nSPS) is 32.2. The average molecular weight is 481 g/mol. The van der Waals surface area contributed by atoms with E-state index in [0.29, 0.717) is 32.5 Å². The Labute approximate surface area is 202 Å². The number of aliphatic hydroxyl groups excluding tert-OH is 1. The van der Waals surface area contributed by atoms with Crippen molar-refractivity contribution in [1.29, 1.82) is 0 Å². The summed E-state index contributed by atoms with van der Waals surface area (Å²) in [7, 11) is 0. The Morgan fingerprint density at radius 3 is 2.70 bits per heavy atom. The Kier molecular flexibility index (Phi) is 8.89. The predicted molar refractivity (Wildman–Crippen MR) is 130 cm³/mol. The molecule has 0 aliphatic carbocycles. The molecule has 8 heteroatoms. The van der Waals surface area contributed by atoms with Gasteiger partial charge >= 0.3 is 5.97 Å². The van der Waals surface area contributed by atoms with Gasteiger partial charge in [-0.2, -0.15) is 0 Å². The highest BCUT2D eigenvalue weighted by atomic mass is 32.2. The summed E-state index contributed by atoms with van der Waals surface area (Å²) >= 11 is 1.68. The van der Waals surface area contributed by atoms with E-state index in [4.69, 9.17) is 4.74 Å². The molecule has 3 fully saturated rings. The van der Waals surface area contributed by atoms with Gasteiger partial charge in [-0.25, -0.2) is 0 Å². The first-order valence-corrected chi connectivity index (χ1v) is 13.4. The van der Waals surface area contributed by atoms with Gasteiger partial charge in [-0.15, -0.1) is 18.3 Å². The summed E-state index contributed by atoms with van der Waals surface area (Å²) in [5.41, 5.74) is 0.